The predicted octanol–water partition coefficient (Wildman–Crippen LogP) is 4.14. The number of hydrogen-bond acceptors (Lipinski definition) is 4. The van der Waals surface area contributed by atoms with E-state index < -0.39 is 0 Å². The number of anilines is 1. The van der Waals surface area contributed by atoms with Crippen LogP contribution in [0.5, 0.6) is 0 Å². The van der Waals surface area contributed by atoms with Crippen LogP contribution >= 0.6 is 11.3 Å². The van der Waals surface area contributed by atoms with E-state index in [1.807, 2.05) is 23.2 Å². The van der Waals surface area contributed by atoms with Gasteiger partial charge >= 0.3 is 0 Å². The van der Waals surface area contributed by atoms with Crippen molar-refractivity contribution in [2.24, 2.45) is 0 Å². The van der Waals surface area contributed by atoms with Gasteiger partial charge in [-0.3, -0.25) is 4.79 Å². The van der Waals surface area contributed by atoms with E-state index in [4.69, 9.17) is 0 Å². The van der Waals surface area contributed by atoms with Crippen LogP contribution in [0.4, 0.5) is 5.82 Å². The number of amides is 1. The Balaban J connectivity index is 1.80. The molecule has 1 aliphatic carbocycles. The number of hydrogen-bond donors (Lipinski definition) is 1. The van der Waals surface area contributed by atoms with Crippen LogP contribution in [0.3, 0.4) is 0 Å². The summed E-state index contributed by atoms with van der Waals surface area (Å²) in [5, 5.41) is 10.3. The molecule has 5 nitrogen and oxygen atoms in total. The molecule has 0 aliphatic heterocycles. The van der Waals surface area contributed by atoms with E-state index in [1.165, 1.54) is 24.2 Å². The maximum absolute atomic E-state index is 12.5. The van der Waals surface area contributed by atoms with Gasteiger partial charge in [-0.2, -0.15) is 5.10 Å². The Bertz CT molecular complexity index is 667. The average molecular weight is 318 g/mol. The van der Waals surface area contributed by atoms with Crippen molar-refractivity contribution in [3.63, 3.8) is 0 Å². The van der Waals surface area contributed by atoms with Crippen LogP contribution in [0.25, 0.3) is 0 Å². The number of nitrogens with one attached hydrogen (secondary N) is 1. The van der Waals surface area contributed by atoms with E-state index in [-0.39, 0.29) is 5.91 Å². The van der Waals surface area contributed by atoms with Crippen molar-refractivity contribution in [2.45, 2.75) is 58.4 Å². The summed E-state index contributed by atoms with van der Waals surface area (Å²) in [7, 11) is 0. The van der Waals surface area contributed by atoms with Crippen LogP contribution in [0.15, 0.2) is 11.6 Å². The standard InChI is InChI=1S/C16H22N4OS/c1-10(2)16-18-13(9-22-16)15(21)19-14-11(3)8-17-20(14)12-6-4-5-7-12/h8-10,12H,4-7H2,1-3H3,(H,19,21). The summed E-state index contributed by atoms with van der Waals surface area (Å²) >= 11 is 1.54. The van der Waals surface area contributed by atoms with Gasteiger partial charge in [0.15, 0.2) is 0 Å². The Morgan fingerprint density at radius 2 is 2.14 bits per heavy atom. The van der Waals surface area contributed by atoms with Gasteiger partial charge in [0.25, 0.3) is 5.91 Å². The van der Waals surface area contributed by atoms with Crippen molar-refractivity contribution in [2.75, 3.05) is 5.32 Å². The van der Waals surface area contributed by atoms with Gasteiger partial charge in [-0.25, -0.2) is 9.67 Å². The van der Waals surface area contributed by atoms with Crippen molar-refractivity contribution in [3.05, 3.63) is 27.8 Å². The molecule has 2 aromatic heterocycles. The smallest absolute Gasteiger partial charge is 0.276 e. The molecule has 1 saturated carbocycles. The first kappa shape index (κ1) is 15.2. The molecule has 1 amide bonds. The zero-order valence-electron chi connectivity index (χ0n) is 13.3. The van der Waals surface area contributed by atoms with E-state index in [2.05, 4.69) is 29.2 Å². The highest BCUT2D eigenvalue weighted by atomic mass is 32.1. The van der Waals surface area contributed by atoms with Gasteiger partial charge in [0, 0.05) is 16.9 Å². The molecule has 0 saturated heterocycles. The maximum Gasteiger partial charge on any atom is 0.276 e. The molecule has 1 fully saturated rings. The molecule has 3 rings (SSSR count). The van der Waals surface area contributed by atoms with Crippen LogP contribution in [-0.4, -0.2) is 20.7 Å². The number of nitrogens with zero attached hydrogens (tertiary/aromatic N) is 3. The van der Waals surface area contributed by atoms with E-state index in [0.29, 0.717) is 17.7 Å². The largest absolute Gasteiger partial charge is 0.305 e. The minimum atomic E-state index is -0.147. The van der Waals surface area contributed by atoms with E-state index in [9.17, 15) is 4.79 Å². The molecule has 2 aromatic rings. The van der Waals surface area contributed by atoms with Crippen molar-refractivity contribution < 1.29 is 4.79 Å². The molecule has 0 radical (unpaired) electrons. The normalized spacial score (nSPS) is 15.6. The zero-order chi connectivity index (χ0) is 15.7. The molecular formula is C16H22N4OS. The van der Waals surface area contributed by atoms with Crippen molar-refractivity contribution in [1.82, 2.24) is 14.8 Å². The first-order valence-electron chi connectivity index (χ1n) is 7.87. The predicted molar refractivity (Wildman–Crippen MR) is 88.6 cm³/mol. The topological polar surface area (TPSA) is 59.8 Å². The minimum absolute atomic E-state index is 0.147. The summed E-state index contributed by atoms with van der Waals surface area (Å²) in [4.78, 5) is 16.9. The highest BCUT2D eigenvalue weighted by Crippen LogP contribution is 2.32. The summed E-state index contributed by atoms with van der Waals surface area (Å²) in [6.45, 7) is 6.15. The Kier molecular flexibility index (Phi) is 4.29. The molecule has 0 atom stereocenters. The summed E-state index contributed by atoms with van der Waals surface area (Å²) < 4.78 is 1.98. The van der Waals surface area contributed by atoms with E-state index >= 15 is 0 Å². The Morgan fingerprint density at radius 1 is 1.41 bits per heavy atom. The van der Waals surface area contributed by atoms with Gasteiger partial charge in [0.2, 0.25) is 0 Å². The summed E-state index contributed by atoms with van der Waals surface area (Å²) in [6.07, 6.45) is 6.58. The molecule has 0 bridgehead atoms. The molecule has 0 spiro atoms. The first-order chi connectivity index (χ1) is 10.6. The van der Waals surface area contributed by atoms with Crippen LogP contribution in [0.2, 0.25) is 0 Å². The average Bonchev–Trinajstić information content (AvgIpc) is 3.19. The van der Waals surface area contributed by atoms with E-state index in [0.717, 1.165) is 29.2 Å². The van der Waals surface area contributed by atoms with Crippen LogP contribution in [0, 0.1) is 6.92 Å². The highest BCUT2D eigenvalue weighted by Gasteiger charge is 2.23. The SMILES string of the molecule is Cc1cnn(C2CCCC2)c1NC(=O)c1csc(C(C)C)n1. The molecular weight excluding hydrogens is 296 g/mol. The van der Waals surface area contributed by atoms with Gasteiger partial charge in [0.05, 0.1) is 17.2 Å². The fraction of sp³-hybridized carbons (Fsp3) is 0.562. The second-order valence-electron chi connectivity index (χ2n) is 6.24. The minimum Gasteiger partial charge on any atom is -0.305 e. The van der Waals surface area contributed by atoms with Gasteiger partial charge in [-0.1, -0.05) is 26.7 Å². The summed E-state index contributed by atoms with van der Waals surface area (Å²) in [5.74, 6) is 1.01. The molecule has 6 heteroatoms. The maximum atomic E-state index is 12.5. The second-order valence-corrected chi connectivity index (χ2v) is 7.13. The van der Waals surface area contributed by atoms with Crippen LogP contribution in [-0.2, 0) is 0 Å². The molecule has 0 unspecified atom stereocenters. The van der Waals surface area contributed by atoms with Crippen molar-refractivity contribution >= 4 is 23.1 Å². The molecule has 1 aliphatic rings. The lowest BCUT2D eigenvalue weighted by atomic mass is 10.2. The summed E-state index contributed by atoms with van der Waals surface area (Å²) in [5.41, 5.74) is 1.49. The highest BCUT2D eigenvalue weighted by molar-refractivity contribution is 7.09. The van der Waals surface area contributed by atoms with Crippen molar-refractivity contribution in [1.29, 1.82) is 0 Å². The zero-order valence-corrected chi connectivity index (χ0v) is 14.1. The quantitative estimate of drug-likeness (QED) is 0.921. The number of rotatable bonds is 4. The monoisotopic (exact) mass is 318 g/mol. The van der Waals surface area contributed by atoms with Gasteiger partial charge < -0.3 is 5.32 Å². The number of aromatic nitrogens is 3. The molecule has 0 aromatic carbocycles. The number of thiazole rings is 1. The van der Waals surface area contributed by atoms with Gasteiger partial charge in [0.1, 0.15) is 11.5 Å². The lowest BCUT2D eigenvalue weighted by Gasteiger charge is -2.15. The first-order valence-corrected chi connectivity index (χ1v) is 8.75. The summed E-state index contributed by atoms with van der Waals surface area (Å²) in [6, 6.07) is 0.408. The Labute approximate surface area is 134 Å². The fourth-order valence-electron chi connectivity index (χ4n) is 2.86. The van der Waals surface area contributed by atoms with Crippen LogP contribution in [0.1, 0.15) is 72.6 Å². The number of carbonyl (C=O) groups excluding carboxylic acids is 1. The third-order valence-electron chi connectivity index (χ3n) is 4.13. The van der Waals surface area contributed by atoms with Crippen LogP contribution < -0.4 is 5.32 Å². The van der Waals surface area contributed by atoms with Gasteiger partial charge in [-0.15, -0.1) is 11.3 Å². The molecule has 118 valence electrons. The fourth-order valence-corrected chi connectivity index (χ4v) is 3.67. The third kappa shape index (κ3) is 2.92. The van der Waals surface area contributed by atoms with E-state index in [1.54, 1.807) is 0 Å². The third-order valence-corrected chi connectivity index (χ3v) is 5.27. The number of carbonyl (C=O) groups is 1. The van der Waals surface area contributed by atoms with Crippen molar-refractivity contribution in [3.8, 4) is 0 Å². The lowest BCUT2D eigenvalue weighted by molar-refractivity contribution is 0.102. The lowest BCUT2D eigenvalue weighted by Crippen LogP contribution is -2.18. The molecule has 22 heavy (non-hydrogen) atoms. The van der Waals surface area contributed by atoms with Gasteiger partial charge in [-0.05, 0) is 19.8 Å². The Hall–Kier alpha value is -1.69. The second kappa shape index (κ2) is 6.20. The Morgan fingerprint density at radius 3 is 2.77 bits per heavy atom. The molecule has 2 heterocycles. The number of aryl methyl sites for hydroxylation is 1. The molecule has 1 N–H and O–H groups in total.